The molecule has 2 aliphatic rings. The Labute approximate surface area is 62.8 Å². The Kier molecular flexibility index (Phi) is 1.48. The van der Waals surface area contributed by atoms with Crippen LogP contribution in [0, 0.1) is 6.92 Å². The molecule has 1 aliphatic carbocycles. The molecule has 2 fully saturated rings. The second kappa shape index (κ2) is 2.23. The molecule has 57 valence electrons. The highest BCUT2D eigenvalue weighted by atomic mass is 16.6. The first-order valence-electron chi connectivity index (χ1n) is 4.34. The predicted molar refractivity (Wildman–Crippen MR) is 40.7 cm³/mol. The number of hydrogen-bond donors (Lipinski definition) is 0. The van der Waals surface area contributed by atoms with E-state index in [2.05, 4.69) is 6.92 Å². The second-order valence-corrected chi connectivity index (χ2v) is 3.52. The van der Waals surface area contributed by atoms with Crippen molar-refractivity contribution >= 4 is 0 Å². The molecule has 0 spiro atoms. The summed E-state index contributed by atoms with van der Waals surface area (Å²) in [5.41, 5.74) is 0.333. The zero-order chi connectivity index (χ0) is 7.03. The highest BCUT2D eigenvalue weighted by Crippen LogP contribution is 2.50. The first-order valence-corrected chi connectivity index (χ1v) is 4.34. The average molecular weight is 139 g/mol. The van der Waals surface area contributed by atoms with Crippen LogP contribution in [0.4, 0.5) is 0 Å². The molecular weight excluding hydrogens is 124 g/mol. The van der Waals surface area contributed by atoms with Gasteiger partial charge in [0.15, 0.2) is 0 Å². The van der Waals surface area contributed by atoms with Gasteiger partial charge in [0.1, 0.15) is 0 Å². The Hall–Kier alpha value is -0.0400. The van der Waals surface area contributed by atoms with E-state index in [1.807, 2.05) is 0 Å². The summed E-state index contributed by atoms with van der Waals surface area (Å²) in [5, 5.41) is 0. The van der Waals surface area contributed by atoms with Crippen molar-refractivity contribution < 1.29 is 4.74 Å². The Morgan fingerprint density at radius 3 is 3.10 bits per heavy atom. The Morgan fingerprint density at radius 2 is 2.40 bits per heavy atom. The maximum absolute atomic E-state index is 5.67. The zero-order valence-electron chi connectivity index (χ0n) is 6.44. The summed E-state index contributed by atoms with van der Waals surface area (Å²) in [7, 11) is 0. The average Bonchev–Trinajstić information content (AvgIpc) is 2.62. The fraction of sp³-hybridized carbons (Fsp3) is 0.889. The van der Waals surface area contributed by atoms with E-state index in [4.69, 9.17) is 4.74 Å². The number of ether oxygens (including phenoxy) is 1. The Balaban J connectivity index is 1.92. The van der Waals surface area contributed by atoms with Gasteiger partial charge in [-0.25, -0.2) is 0 Å². The lowest BCUT2D eigenvalue weighted by molar-refractivity contribution is 0.272. The lowest BCUT2D eigenvalue weighted by Gasteiger charge is -2.15. The first-order chi connectivity index (χ1) is 4.87. The maximum Gasteiger partial charge on any atom is 0.0948 e. The predicted octanol–water partition coefficient (Wildman–Crippen LogP) is 2.31. The quantitative estimate of drug-likeness (QED) is 0.535. The van der Waals surface area contributed by atoms with Crippen molar-refractivity contribution in [2.24, 2.45) is 0 Å². The van der Waals surface area contributed by atoms with Crippen molar-refractivity contribution in [3.8, 4) is 0 Å². The fourth-order valence-corrected chi connectivity index (χ4v) is 2.19. The van der Waals surface area contributed by atoms with Gasteiger partial charge in [-0.15, -0.1) is 0 Å². The van der Waals surface area contributed by atoms with E-state index in [0.29, 0.717) is 11.7 Å². The summed E-state index contributed by atoms with van der Waals surface area (Å²) in [6, 6.07) is 0. The molecule has 1 heterocycles. The third-order valence-electron chi connectivity index (χ3n) is 2.82. The van der Waals surface area contributed by atoms with Gasteiger partial charge in [-0.05, 0) is 19.3 Å². The summed E-state index contributed by atoms with van der Waals surface area (Å²) >= 11 is 0. The molecule has 0 aromatic heterocycles. The molecule has 0 N–H and O–H groups in total. The molecule has 1 heteroatoms. The molecule has 1 radical (unpaired) electrons. The van der Waals surface area contributed by atoms with Gasteiger partial charge in [0.25, 0.3) is 0 Å². The molecule has 2 rings (SSSR count). The minimum Gasteiger partial charge on any atom is -0.366 e. The van der Waals surface area contributed by atoms with Crippen LogP contribution in [0.2, 0.25) is 0 Å². The smallest absolute Gasteiger partial charge is 0.0948 e. The van der Waals surface area contributed by atoms with Crippen LogP contribution in [0.5, 0.6) is 0 Å². The van der Waals surface area contributed by atoms with Crippen LogP contribution in [-0.4, -0.2) is 11.7 Å². The summed E-state index contributed by atoms with van der Waals surface area (Å²) in [5.74, 6) is 0. The number of fused-ring (bicyclic) bond motifs is 1. The standard InChI is InChI=1S/C9H15O/c1-2-6-9-7-4-3-5-8(9)10-9/h8H,1-7H2. The molecule has 1 saturated heterocycles. The molecular formula is C9H15O. The molecule has 0 aromatic rings. The maximum atomic E-state index is 5.67. The van der Waals surface area contributed by atoms with Crippen molar-refractivity contribution in [1.82, 2.24) is 0 Å². The van der Waals surface area contributed by atoms with Crippen LogP contribution in [0.25, 0.3) is 0 Å². The summed E-state index contributed by atoms with van der Waals surface area (Å²) in [4.78, 5) is 0. The van der Waals surface area contributed by atoms with Gasteiger partial charge < -0.3 is 4.74 Å². The normalized spacial score (nSPS) is 44.7. The molecule has 2 unspecified atom stereocenters. The van der Waals surface area contributed by atoms with Crippen molar-refractivity contribution in [2.45, 2.75) is 50.2 Å². The number of epoxide rings is 1. The highest BCUT2D eigenvalue weighted by Gasteiger charge is 2.55. The minimum atomic E-state index is 0.333. The van der Waals surface area contributed by atoms with Gasteiger partial charge in [0.2, 0.25) is 0 Å². The van der Waals surface area contributed by atoms with Crippen LogP contribution in [0.3, 0.4) is 0 Å². The molecule has 0 amide bonds. The first kappa shape index (κ1) is 6.66. The molecule has 2 atom stereocenters. The fourth-order valence-electron chi connectivity index (χ4n) is 2.19. The van der Waals surface area contributed by atoms with Crippen LogP contribution in [0.15, 0.2) is 0 Å². The van der Waals surface area contributed by atoms with Crippen LogP contribution in [0.1, 0.15) is 38.5 Å². The molecule has 10 heavy (non-hydrogen) atoms. The lowest BCUT2D eigenvalue weighted by Crippen LogP contribution is -2.18. The zero-order valence-corrected chi connectivity index (χ0v) is 6.44. The monoisotopic (exact) mass is 139 g/mol. The van der Waals surface area contributed by atoms with E-state index >= 15 is 0 Å². The summed E-state index contributed by atoms with van der Waals surface area (Å²) < 4.78 is 5.67. The Bertz CT molecular complexity index is 129. The van der Waals surface area contributed by atoms with Gasteiger partial charge in [0.05, 0.1) is 11.7 Å². The SMILES string of the molecule is [CH2]CCC12CCCCC1O2. The van der Waals surface area contributed by atoms with E-state index in [0.717, 1.165) is 6.42 Å². The lowest BCUT2D eigenvalue weighted by atomic mass is 9.86. The summed E-state index contributed by atoms with van der Waals surface area (Å²) in [6.07, 6.45) is 8.21. The molecule has 0 aromatic carbocycles. The van der Waals surface area contributed by atoms with Crippen LogP contribution in [-0.2, 0) is 4.74 Å². The van der Waals surface area contributed by atoms with Gasteiger partial charge >= 0.3 is 0 Å². The second-order valence-electron chi connectivity index (χ2n) is 3.52. The van der Waals surface area contributed by atoms with Crippen molar-refractivity contribution in [3.05, 3.63) is 6.92 Å². The third-order valence-corrected chi connectivity index (χ3v) is 2.82. The third kappa shape index (κ3) is 0.878. The van der Waals surface area contributed by atoms with Crippen LogP contribution < -0.4 is 0 Å². The topological polar surface area (TPSA) is 12.5 Å². The molecule has 0 bridgehead atoms. The van der Waals surface area contributed by atoms with E-state index in [-0.39, 0.29) is 0 Å². The number of hydrogen-bond acceptors (Lipinski definition) is 1. The van der Waals surface area contributed by atoms with Crippen LogP contribution >= 0.6 is 0 Å². The van der Waals surface area contributed by atoms with Gasteiger partial charge in [0, 0.05) is 0 Å². The van der Waals surface area contributed by atoms with Gasteiger partial charge in [-0.2, -0.15) is 0 Å². The Morgan fingerprint density at radius 1 is 1.50 bits per heavy atom. The van der Waals surface area contributed by atoms with E-state index in [9.17, 15) is 0 Å². The highest BCUT2D eigenvalue weighted by molar-refractivity contribution is 5.04. The number of rotatable bonds is 2. The van der Waals surface area contributed by atoms with Gasteiger partial charge in [-0.1, -0.05) is 26.2 Å². The van der Waals surface area contributed by atoms with E-state index in [1.54, 1.807) is 0 Å². The summed E-state index contributed by atoms with van der Waals surface area (Å²) in [6.45, 7) is 3.87. The van der Waals surface area contributed by atoms with Crippen molar-refractivity contribution in [2.75, 3.05) is 0 Å². The molecule has 1 aliphatic heterocycles. The molecule has 1 saturated carbocycles. The van der Waals surface area contributed by atoms with Crippen molar-refractivity contribution in [3.63, 3.8) is 0 Å². The van der Waals surface area contributed by atoms with Crippen molar-refractivity contribution in [1.29, 1.82) is 0 Å². The van der Waals surface area contributed by atoms with E-state index < -0.39 is 0 Å². The van der Waals surface area contributed by atoms with E-state index in [1.165, 1.54) is 32.1 Å². The van der Waals surface area contributed by atoms with Gasteiger partial charge in [-0.3, -0.25) is 0 Å². The largest absolute Gasteiger partial charge is 0.366 e. The molecule has 1 nitrogen and oxygen atoms in total. The minimum absolute atomic E-state index is 0.333.